The first-order valence-electron chi connectivity index (χ1n) is 12.1. The lowest BCUT2D eigenvalue weighted by atomic mass is 9.93. The van der Waals surface area contributed by atoms with Crippen LogP contribution in [0.1, 0.15) is 43.2 Å². The van der Waals surface area contributed by atoms with Gasteiger partial charge < -0.3 is 5.11 Å². The molecule has 2 aromatic carbocycles. The largest absolute Gasteiger partial charge is 0.480 e. The van der Waals surface area contributed by atoms with Crippen LogP contribution in [0.5, 0.6) is 0 Å². The van der Waals surface area contributed by atoms with Crippen LogP contribution < -0.4 is 5.43 Å². The fourth-order valence-electron chi connectivity index (χ4n) is 4.76. The molecule has 33 heavy (non-hydrogen) atoms. The van der Waals surface area contributed by atoms with Gasteiger partial charge in [-0.1, -0.05) is 54.6 Å². The van der Waals surface area contributed by atoms with E-state index < -0.39 is 12.0 Å². The van der Waals surface area contributed by atoms with Crippen molar-refractivity contribution < 1.29 is 14.5 Å². The van der Waals surface area contributed by atoms with E-state index in [0.29, 0.717) is 16.9 Å². The van der Waals surface area contributed by atoms with Gasteiger partial charge in [-0.3, -0.25) is 4.79 Å². The Morgan fingerprint density at radius 3 is 2.76 bits per heavy atom. The quantitative estimate of drug-likeness (QED) is 0.226. The summed E-state index contributed by atoms with van der Waals surface area (Å²) < 4.78 is 0.521. The predicted molar refractivity (Wildman–Crippen MR) is 140 cm³/mol. The molecule has 1 aliphatic rings. The van der Waals surface area contributed by atoms with Gasteiger partial charge in [0.2, 0.25) is 0 Å². The minimum Gasteiger partial charge on any atom is -0.480 e. The minimum absolute atomic E-state index is 0.521. The highest BCUT2D eigenvalue weighted by atomic mass is 32.2. The zero-order chi connectivity index (χ0) is 23.7. The molecule has 0 radical (unpaired) electrons. The average molecular weight is 468 g/mol. The molecule has 0 heterocycles. The third kappa shape index (κ3) is 7.73. The first-order chi connectivity index (χ1) is 15.9. The van der Waals surface area contributed by atoms with E-state index in [9.17, 15) is 9.90 Å². The second-order valence-electron chi connectivity index (χ2n) is 9.50. The second kappa shape index (κ2) is 12.4. The maximum atomic E-state index is 12.0. The van der Waals surface area contributed by atoms with Crippen LogP contribution in [0.2, 0.25) is 0 Å². The van der Waals surface area contributed by atoms with Crippen molar-refractivity contribution in [3.05, 3.63) is 71.8 Å². The number of carboxylic acid groups (broad SMARTS) is 1. The first kappa shape index (κ1) is 25.5. The molecule has 5 heteroatoms. The summed E-state index contributed by atoms with van der Waals surface area (Å²) in [6.07, 6.45) is 12.0. The van der Waals surface area contributed by atoms with Crippen LogP contribution in [0.15, 0.2) is 60.7 Å². The summed E-state index contributed by atoms with van der Waals surface area (Å²) in [7, 11) is 2.15. The van der Waals surface area contributed by atoms with E-state index in [2.05, 4.69) is 80.1 Å². The van der Waals surface area contributed by atoms with Gasteiger partial charge in [-0.15, -0.1) is 0 Å². The number of carboxylic acids is 1. The number of aryl methyl sites for hydroxylation is 1. The lowest BCUT2D eigenvalue weighted by Gasteiger charge is -2.37. The molecule has 2 N–H and O–H groups in total. The number of hydrogen-bond acceptors (Lipinski definition) is 3. The van der Waals surface area contributed by atoms with Crippen LogP contribution in [-0.2, 0) is 11.3 Å². The molecule has 2 unspecified atom stereocenters. The number of carbonyl (C=O) groups is 1. The van der Waals surface area contributed by atoms with E-state index in [1.807, 2.05) is 6.26 Å². The van der Waals surface area contributed by atoms with Gasteiger partial charge in [-0.25, -0.2) is 4.59 Å². The molecule has 4 nitrogen and oxygen atoms in total. The van der Waals surface area contributed by atoms with Crippen LogP contribution in [0.4, 0.5) is 0 Å². The summed E-state index contributed by atoms with van der Waals surface area (Å²) in [4.78, 5) is 12.0. The van der Waals surface area contributed by atoms with E-state index in [1.54, 1.807) is 11.8 Å². The third-order valence-corrected chi connectivity index (χ3v) is 7.28. The van der Waals surface area contributed by atoms with Gasteiger partial charge in [0.15, 0.2) is 6.04 Å². The van der Waals surface area contributed by atoms with Crippen molar-refractivity contribution in [3.8, 4) is 11.1 Å². The zero-order valence-corrected chi connectivity index (χ0v) is 21.1. The molecule has 2 aromatic rings. The van der Waals surface area contributed by atoms with Crippen molar-refractivity contribution in [2.24, 2.45) is 5.92 Å². The summed E-state index contributed by atoms with van der Waals surface area (Å²) >= 11 is 1.69. The Labute approximate surface area is 203 Å². The standard InChI is InChI=1S/C28H38N2O2S/c1-22-10-7-8-15-26(22)25-14-9-13-24(20-25)21-30(2,18-16-23-11-5-4-6-12-23)29-27(28(31)32)17-19-33-3/h5,7-11,13-15,20,23,27,29H,4,6,12,16-19,21H2,1-3H3/p+1/t23?,27-,30?/m0/s1. The Kier molecular flexibility index (Phi) is 9.60. The zero-order valence-electron chi connectivity index (χ0n) is 20.3. The normalized spacial score (nSPS) is 18.6. The molecule has 0 aliphatic heterocycles. The Hall–Kier alpha value is -2.08. The molecule has 3 rings (SSSR count). The molecule has 0 saturated carbocycles. The first-order valence-corrected chi connectivity index (χ1v) is 13.5. The molecule has 0 bridgehead atoms. The molecule has 3 atom stereocenters. The minimum atomic E-state index is -0.764. The number of hydrogen-bond donors (Lipinski definition) is 2. The van der Waals surface area contributed by atoms with Crippen LogP contribution in [-0.4, -0.2) is 47.3 Å². The van der Waals surface area contributed by atoms with Crippen LogP contribution in [0.3, 0.4) is 0 Å². The number of nitrogens with one attached hydrogen (secondary N) is 1. The molecule has 0 amide bonds. The van der Waals surface area contributed by atoms with Gasteiger partial charge >= 0.3 is 5.97 Å². The molecule has 0 spiro atoms. The second-order valence-corrected chi connectivity index (χ2v) is 10.5. The smallest absolute Gasteiger partial charge is 0.326 e. The van der Waals surface area contributed by atoms with Gasteiger partial charge in [0.1, 0.15) is 6.54 Å². The third-order valence-electron chi connectivity index (χ3n) is 6.64. The highest BCUT2D eigenvalue weighted by Gasteiger charge is 2.31. The number of thioether (sulfide) groups is 1. The van der Waals surface area contributed by atoms with Gasteiger partial charge in [-0.2, -0.15) is 17.2 Å². The summed E-state index contributed by atoms with van der Waals surface area (Å²) in [5.74, 6) is 0.656. The number of aliphatic carboxylic acids is 1. The van der Waals surface area contributed by atoms with Crippen molar-refractivity contribution in [2.45, 2.75) is 51.6 Å². The monoisotopic (exact) mass is 467 g/mol. The Bertz CT molecular complexity index is 945. The molecular formula is C28H39N2O2S+. The lowest BCUT2D eigenvalue weighted by Crippen LogP contribution is -2.60. The summed E-state index contributed by atoms with van der Waals surface area (Å²) in [5, 5.41) is 9.88. The topological polar surface area (TPSA) is 49.3 Å². The van der Waals surface area contributed by atoms with Crippen molar-refractivity contribution in [2.75, 3.05) is 25.6 Å². The van der Waals surface area contributed by atoms with E-state index in [4.69, 9.17) is 0 Å². The summed E-state index contributed by atoms with van der Waals surface area (Å²) in [5.41, 5.74) is 8.47. The number of quaternary nitrogens is 1. The number of nitrogens with zero attached hydrogens (tertiary/aromatic N) is 1. The van der Waals surface area contributed by atoms with Crippen LogP contribution >= 0.6 is 11.8 Å². The van der Waals surface area contributed by atoms with Gasteiger partial charge in [0, 0.05) is 12.0 Å². The maximum Gasteiger partial charge on any atom is 0.326 e. The van der Waals surface area contributed by atoms with Crippen LogP contribution in [0.25, 0.3) is 11.1 Å². The molecule has 1 aliphatic carbocycles. The van der Waals surface area contributed by atoms with Crippen molar-refractivity contribution in [1.29, 1.82) is 0 Å². The van der Waals surface area contributed by atoms with E-state index in [-0.39, 0.29) is 0 Å². The van der Waals surface area contributed by atoms with Crippen molar-refractivity contribution >= 4 is 17.7 Å². The number of rotatable bonds is 12. The Morgan fingerprint density at radius 1 is 1.24 bits per heavy atom. The van der Waals surface area contributed by atoms with Gasteiger partial charge in [0.25, 0.3) is 0 Å². The Morgan fingerprint density at radius 2 is 2.06 bits per heavy atom. The SMILES string of the molecule is CSCC[C@H](N[N+](C)(CCC1C=CCCC1)Cc1cccc(-c2ccccc2C)c1)C(=O)O. The summed E-state index contributed by atoms with van der Waals surface area (Å²) in [6, 6.07) is 16.6. The highest BCUT2D eigenvalue weighted by Crippen LogP contribution is 2.26. The highest BCUT2D eigenvalue weighted by molar-refractivity contribution is 7.98. The molecular weight excluding hydrogens is 428 g/mol. The number of allylic oxidation sites excluding steroid dienone is 2. The van der Waals surface area contributed by atoms with E-state index >= 15 is 0 Å². The Balaban J connectivity index is 1.82. The van der Waals surface area contributed by atoms with Crippen LogP contribution in [0, 0.1) is 12.8 Å². The summed E-state index contributed by atoms with van der Waals surface area (Å²) in [6.45, 7) is 3.79. The van der Waals surface area contributed by atoms with E-state index in [0.717, 1.165) is 25.3 Å². The fraction of sp³-hybridized carbons (Fsp3) is 0.464. The van der Waals surface area contributed by atoms with Crippen molar-refractivity contribution in [3.63, 3.8) is 0 Å². The molecule has 178 valence electrons. The van der Waals surface area contributed by atoms with Gasteiger partial charge in [0.05, 0.1) is 13.6 Å². The molecule has 0 saturated heterocycles. The average Bonchev–Trinajstić information content (AvgIpc) is 2.81. The number of benzene rings is 2. The molecule has 0 aromatic heterocycles. The lowest BCUT2D eigenvalue weighted by molar-refractivity contribution is -0.967. The predicted octanol–water partition coefficient (Wildman–Crippen LogP) is 6.07. The molecule has 0 fully saturated rings. The van der Waals surface area contributed by atoms with Crippen molar-refractivity contribution in [1.82, 2.24) is 5.43 Å². The van der Waals surface area contributed by atoms with E-state index in [1.165, 1.54) is 41.5 Å². The fourth-order valence-corrected chi connectivity index (χ4v) is 5.23. The van der Waals surface area contributed by atoms with Gasteiger partial charge in [-0.05, 0) is 73.3 Å². The maximum absolute atomic E-state index is 12.0.